The second-order valence-corrected chi connectivity index (χ2v) is 7.61. The Hall–Kier alpha value is -2.69. The first-order valence-electron chi connectivity index (χ1n) is 7.59. The van der Waals surface area contributed by atoms with E-state index in [9.17, 15) is 23.3 Å². The smallest absolute Gasteiger partial charge is 0.325 e. The third kappa shape index (κ3) is 5.64. The molecule has 0 atom stereocenters. The molecule has 144 valence electrons. The van der Waals surface area contributed by atoms with Gasteiger partial charge in [-0.25, -0.2) is 13.1 Å². The Morgan fingerprint density at radius 1 is 1.22 bits per heavy atom. The molecule has 0 bridgehead atoms. The number of nitro groups is 1. The van der Waals surface area contributed by atoms with Crippen molar-refractivity contribution >= 4 is 39.0 Å². The number of rotatable bonds is 8. The number of anilines is 1. The molecule has 2 rings (SSSR count). The molecule has 27 heavy (non-hydrogen) atoms. The summed E-state index contributed by atoms with van der Waals surface area (Å²) in [5.41, 5.74) is 0.260. The van der Waals surface area contributed by atoms with E-state index >= 15 is 0 Å². The number of hydrogen-bond acceptors (Lipinski definition) is 7. The van der Waals surface area contributed by atoms with Gasteiger partial charge in [0.15, 0.2) is 0 Å². The zero-order valence-corrected chi connectivity index (χ0v) is 15.7. The zero-order valence-electron chi connectivity index (χ0n) is 14.1. The van der Waals surface area contributed by atoms with Crippen LogP contribution in [0.15, 0.2) is 47.4 Å². The predicted molar refractivity (Wildman–Crippen MR) is 99.1 cm³/mol. The van der Waals surface area contributed by atoms with E-state index in [4.69, 9.17) is 16.3 Å². The summed E-state index contributed by atoms with van der Waals surface area (Å²) in [6, 6.07) is 10.0. The fourth-order valence-corrected chi connectivity index (χ4v) is 2.94. The van der Waals surface area contributed by atoms with Crippen LogP contribution in [0.5, 0.6) is 0 Å². The van der Waals surface area contributed by atoms with E-state index in [-0.39, 0.29) is 23.7 Å². The standard InChI is InChI=1S/C16H16ClN3O6S/c1-18-27(24,25)13-6-7-14(15(8-13)20(22)23)19-9-16(21)26-10-11-2-4-12(17)5-3-11/h2-8,18-19H,9-10H2,1H3. The van der Waals surface area contributed by atoms with Crippen molar-refractivity contribution in [2.24, 2.45) is 0 Å². The number of hydrogen-bond donors (Lipinski definition) is 2. The highest BCUT2D eigenvalue weighted by molar-refractivity contribution is 7.89. The van der Waals surface area contributed by atoms with Crippen molar-refractivity contribution in [2.45, 2.75) is 11.5 Å². The number of carbonyl (C=O) groups is 1. The van der Waals surface area contributed by atoms with E-state index in [2.05, 4.69) is 10.0 Å². The van der Waals surface area contributed by atoms with Gasteiger partial charge in [-0.05, 0) is 36.9 Å². The monoisotopic (exact) mass is 413 g/mol. The number of nitrogens with zero attached hydrogens (tertiary/aromatic N) is 1. The third-order valence-electron chi connectivity index (χ3n) is 3.48. The second kappa shape index (κ2) is 8.80. The molecular formula is C16H16ClN3O6S. The minimum atomic E-state index is -3.83. The lowest BCUT2D eigenvalue weighted by atomic mass is 10.2. The fourth-order valence-electron chi connectivity index (χ4n) is 2.06. The molecule has 9 nitrogen and oxygen atoms in total. The molecule has 0 heterocycles. The van der Waals surface area contributed by atoms with Gasteiger partial charge in [0, 0.05) is 11.1 Å². The van der Waals surface area contributed by atoms with Gasteiger partial charge in [0.1, 0.15) is 18.8 Å². The Labute approximate surface area is 160 Å². The SMILES string of the molecule is CNS(=O)(=O)c1ccc(NCC(=O)OCc2ccc(Cl)cc2)c([N+](=O)[O-])c1. The number of carbonyl (C=O) groups excluding carboxylic acids is 1. The van der Waals surface area contributed by atoms with Gasteiger partial charge >= 0.3 is 5.97 Å². The highest BCUT2D eigenvalue weighted by atomic mass is 35.5. The van der Waals surface area contributed by atoms with Gasteiger partial charge in [-0.1, -0.05) is 23.7 Å². The topological polar surface area (TPSA) is 128 Å². The lowest BCUT2D eigenvalue weighted by molar-refractivity contribution is -0.384. The first-order chi connectivity index (χ1) is 12.7. The molecule has 2 aromatic rings. The van der Waals surface area contributed by atoms with Crippen LogP contribution in [0.2, 0.25) is 5.02 Å². The summed E-state index contributed by atoms with van der Waals surface area (Å²) in [5, 5.41) is 14.3. The maximum absolute atomic E-state index is 11.8. The van der Waals surface area contributed by atoms with Gasteiger partial charge in [-0.15, -0.1) is 0 Å². The molecule has 2 N–H and O–H groups in total. The maximum Gasteiger partial charge on any atom is 0.325 e. The van der Waals surface area contributed by atoms with Gasteiger partial charge < -0.3 is 10.1 Å². The lowest BCUT2D eigenvalue weighted by Gasteiger charge is -2.09. The Morgan fingerprint density at radius 2 is 1.89 bits per heavy atom. The first kappa shape index (κ1) is 20.6. The highest BCUT2D eigenvalue weighted by Gasteiger charge is 2.20. The van der Waals surface area contributed by atoms with Crippen LogP contribution >= 0.6 is 11.6 Å². The van der Waals surface area contributed by atoms with E-state index in [1.54, 1.807) is 24.3 Å². The van der Waals surface area contributed by atoms with Crippen molar-refractivity contribution in [3.05, 3.63) is 63.2 Å². The molecule has 0 unspecified atom stereocenters. The summed E-state index contributed by atoms with van der Waals surface area (Å²) in [6.07, 6.45) is 0. The molecule has 0 saturated heterocycles. The zero-order chi connectivity index (χ0) is 20.0. The van der Waals surface area contributed by atoms with Crippen LogP contribution in [-0.4, -0.2) is 32.9 Å². The van der Waals surface area contributed by atoms with Crippen LogP contribution in [0.1, 0.15) is 5.56 Å². The summed E-state index contributed by atoms with van der Waals surface area (Å²) in [4.78, 5) is 22.0. The lowest BCUT2D eigenvalue weighted by Crippen LogP contribution is -2.20. The second-order valence-electron chi connectivity index (χ2n) is 5.28. The molecule has 0 aliphatic heterocycles. The third-order valence-corrected chi connectivity index (χ3v) is 5.15. The molecule has 0 aliphatic carbocycles. The minimum Gasteiger partial charge on any atom is -0.460 e. The van der Waals surface area contributed by atoms with Gasteiger partial charge in [0.05, 0.1) is 9.82 Å². The summed E-state index contributed by atoms with van der Waals surface area (Å²) in [6.45, 7) is -0.300. The Morgan fingerprint density at radius 3 is 2.48 bits per heavy atom. The number of halogens is 1. The molecule has 0 radical (unpaired) electrons. The van der Waals surface area contributed by atoms with E-state index in [0.717, 1.165) is 11.6 Å². The normalized spacial score (nSPS) is 11.0. The molecule has 0 fully saturated rings. The van der Waals surface area contributed by atoms with E-state index in [0.29, 0.717) is 5.02 Å². The highest BCUT2D eigenvalue weighted by Crippen LogP contribution is 2.27. The summed E-state index contributed by atoms with van der Waals surface area (Å²) in [7, 11) is -2.63. The average molecular weight is 414 g/mol. The quantitative estimate of drug-likeness (QED) is 0.386. The Bertz CT molecular complexity index is 947. The summed E-state index contributed by atoms with van der Waals surface area (Å²) < 4.78 is 30.7. The van der Waals surface area contributed by atoms with E-state index in [1.165, 1.54) is 19.2 Å². The molecule has 0 aromatic heterocycles. The van der Waals surface area contributed by atoms with Gasteiger partial charge in [-0.3, -0.25) is 14.9 Å². The molecule has 2 aromatic carbocycles. The van der Waals surface area contributed by atoms with Crippen LogP contribution in [0.3, 0.4) is 0 Å². The van der Waals surface area contributed by atoms with E-state index < -0.39 is 26.6 Å². The van der Waals surface area contributed by atoms with Crippen molar-refractivity contribution in [2.75, 3.05) is 18.9 Å². The average Bonchev–Trinajstić information content (AvgIpc) is 2.65. The number of nitro benzene ring substituents is 1. The van der Waals surface area contributed by atoms with Gasteiger partial charge in [-0.2, -0.15) is 0 Å². The number of ether oxygens (including phenoxy) is 1. The Kier molecular flexibility index (Phi) is 6.72. The van der Waals surface area contributed by atoms with Crippen molar-refractivity contribution in [3.63, 3.8) is 0 Å². The van der Waals surface area contributed by atoms with Crippen molar-refractivity contribution < 1.29 is 22.9 Å². The van der Waals surface area contributed by atoms with Gasteiger partial charge in [0.25, 0.3) is 5.69 Å². The Balaban J connectivity index is 2.02. The molecule has 0 saturated carbocycles. The summed E-state index contributed by atoms with van der Waals surface area (Å²) >= 11 is 5.77. The van der Waals surface area contributed by atoms with Crippen LogP contribution < -0.4 is 10.0 Å². The van der Waals surface area contributed by atoms with Crippen LogP contribution in [0.25, 0.3) is 0 Å². The van der Waals surface area contributed by atoms with Crippen molar-refractivity contribution in [1.29, 1.82) is 0 Å². The van der Waals surface area contributed by atoms with Crippen LogP contribution in [-0.2, 0) is 26.2 Å². The van der Waals surface area contributed by atoms with Crippen LogP contribution in [0.4, 0.5) is 11.4 Å². The number of sulfonamides is 1. The largest absolute Gasteiger partial charge is 0.460 e. The maximum atomic E-state index is 11.8. The first-order valence-corrected chi connectivity index (χ1v) is 9.45. The molecule has 11 heteroatoms. The van der Waals surface area contributed by atoms with Crippen LogP contribution in [0, 0.1) is 10.1 Å². The molecule has 0 spiro atoms. The fraction of sp³-hybridized carbons (Fsp3) is 0.188. The molecular weight excluding hydrogens is 398 g/mol. The number of esters is 1. The summed E-state index contributed by atoms with van der Waals surface area (Å²) in [5.74, 6) is -0.633. The minimum absolute atomic E-state index is 0.00139. The number of benzene rings is 2. The number of nitrogens with one attached hydrogen (secondary N) is 2. The molecule has 0 aliphatic rings. The van der Waals surface area contributed by atoms with Crippen molar-refractivity contribution in [1.82, 2.24) is 4.72 Å². The van der Waals surface area contributed by atoms with Gasteiger partial charge in [0.2, 0.25) is 10.0 Å². The molecule has 0 amide bonds. The van der Waals surface area contributed by atoms with Crippen molar-refractivity contribution in [3.8, 4) is 0 Å². The predicted octanol–water partition coefficient (Wildman–Crippen LogP) is 2.31. The van der Waals surface area contributed by atoms with E-state index in [1.807, 2.05) is 0 Å².